The molecule has 1 aromatic carbocycles. The highest BCUT2D eigenvalue weighted by atomic mass is 16.5. The van der Waals surface area contributed by atoms with Crippen LogP contribution in [0.1, 0.15) is 16.1 Å². The Morgan fingerprint density at radius 1 is 1.14 bits per heavy atom. The molecule has 1 N–H and O–H groups in total. The number of rotatable bonds is 4. The molecule has 22 heavy (non-hydrogen) atoms. The van der Waals surface area contributed by atoms with Crippen molar-refractivity contribution in [2.45, 2.75) is 6.54 Å². The van der Waals surface area contributed by atoms with Crippen LogP contribution in [-0.4, -0.2) is 47.3 Å². The van der Waals surface area contributed by atoms with Gasteiger partial charge in [0.15, 0.2) is 0 Å². The maximum Gasteiger partial charge on any atom is 0.337 e. The number of benzene rings is 1. The number of aromatic carboxylic acids is 1. The summed E-state index contributed by atoms with van der Waals surface area (Å²) in [6.07, 6.45) is 0. The Kier molecular flexibility index (Phi) is 4.46. The number of hydrogen-bond donors (Lipinski definition) is 1. The quantitative estimate of drug-likeness (QED) is 0.938. The van der Waals surface area contributed by atoms with Gasteiger partial charge in [0.1, 0.15) is 0 Å². The summed E-state index contributed by atoms with van der Waals surface area (Å²) < 4.78 is 5.33. The molecule has 0 unspecified atom stereocenters. The molecule has 5 heteroatoms. The number of morpholine rings is 1. The summed E-state index contributed by atoms with van der Waals surface area (Å²) in [5.74, 6) is -0.935. The van der Waals surface area contributed by atoms with E-state index in [1.807, 2.05) is 30.3 Å². The highest BCUT2D eigenvalue weighted by Crippen LogP contribution is 2.20. The Bertz CT molecular complexity index is 652. The lowest BCUT2D eigenvalue weighted by Crippen LogP contribution is -2.36. The monoisotopic (exact) mass is 298 g/mol. The first-order chi connectivity index (χ1) is 10.7. The van der Waals surface area contributed by atoms with Crippen LogP contribution in [0, 0.1) is 0 Å². The number of nitrogens with zero attached hydrogens (tertiary/aromatic N) is 2. The van der Waals surface area contributed by atoms with Crippen molar-refractivity contribution in [3.63, 3.8) is 0 Å². The van der Waals surface area contributed by atoms with E-state index in [1.54, 1.807) is 12.1 Å². The van der Waals surface area contributed by atoms with Gasteiger partial charge in [-0.3, -0.25) is 9.88 Å². The molecule has 1 aliphatic heterocycles. The van der Waals surface area contributed by atoms with E-state index < -0.39 is 5.97 Å². The Hall–Kier alpha value is -2.24. The summed E-state index contributed by atoms with van der Waals surface area (Å²) in [6.45, 7) is 3.50. The normalized spacial score (nSPS) is 15.6. The van der Waals surface area contributed by atoms with Crippen LogP contribution in [0.25, 0.3) is 11.3 Å². The lowest BCUT2D eigenvalue weighted by Gasteiger charge is -2.26. The molecule has 2 heterocycles. The fraction of sp³-hybridized carbons (Fsp3) is 0.294. The molecular formula is C17H18N2O3. The third kappa shape index (κ3) is 3.32. The smallest absolute Gasteiger partial charge is 0.337 e. The molecule has 0 amide bonds. The molecule has 0 radical (unpaired) electrons. The standard InChI is InChI=1S/C17H18N2O3/c20-17(21)14-6-7-15(13-4-2-1-3-5-13)18-16(14)12-19-8-10-22-11-9-19/h1-7H,8-12H2,(H,20,21). The van der Waals surface area contributed by atoms with Crippen molar-refractivity contribution in [1.29, 1.82) is 0 Å². The number of pyridine rings is 1. The van der Waals surface area contributed by atoms with E-state index in [-0.39, 0.29) is 5.56 Å². The van der Waals surface area contributed by atoms with Crippen LogP contribution in [0.15, 0.2) is 42.5 Å². The van der Waals surface area contributed by atoms with Gasteiger partial charge in [-0.05, 0) is 12.1 Å². The average Bonchev–Trinajstić information content (AvgIpc) is 2.56. The fourth-order valence-corrected chi connectivity index (χ4v) is 2.56. The minimum absolute atomic E-state index is 0.270. The SMILES string of the molecule is O=C(O)c1ccc(-c2ccccc2)nc1CN1CCOCC1. The highest BCUT2D eigenvalue weighted by Gasteiger charge is 2.18. The zero-order chi connectivity index (χ0) is 15.4. The van der Waals surface area contributed by atoms with Crippen LogP contribution in [-0.2, 0) is 11.3 Å². The maximum absolute atomic E-state index is 11.4. The first-order valence-corrected chi connectivity index (χ1v) is 7.33. The van der Waals surface area contributed by atoms with E-state index in [4.69, 9.17) is 4.74 Å². The second kappa shape index (κ2) is 6.68. The predicted molar refractivity (Wildman–Crippen MR) is 82.7 cm³/mol. The average molecular weight is 298 g/mol. The summed E-state index contributed by atoms with van der Waals surface area (Å²) in [5.41, 5.74) is 2.67. The molecule has 0 spiro atoms. The second-order valence-electron chi connectivity index (χ2n) is 5.25. The molecule has 1 fully saturated rings. The molecule has 0 saturated carbocycles. The minimum Gasteiger partial charge on any atom is -0.478 e. The van der Waals surface area contributed by atoms with Crippen molar-refractivity contribution in [2.75, 3.05) is 26.3 Å². The highest BCUT2D eigenvalue weighted by molar-refractivity contribution is 5.89. The van der Waals surface area contributed by atoms with Crippen molar-refractivity contribution in [1.82, 2.24) is 9.88 Å². The molecular weight excluding hydrogens is 280 g/mol. The number of ether oxygens (including phenoxy) is 1. The van der Waals surface area contributed by atoms with Crippen LogP contribution in [0.3, 0.4) is 0 Å². The molecule has 0 bridgehead atoms. The van der Waals surface area contributed by atoms with E-state index in [1.165, 1.54) is 0 Å². The largest absolute Gasteiger partial charge is 0.478 e. The lowest BCUT2D eigenvalue weighted by molar-refractivity contribution is 0.0334. The zero-order valence-electron chi connectivity index (χ0n) is 12.2. The van der Waals surface area contributed by atoms with Crippen LogP contribution in [0.2, 0.25) is 0 Å². The van der Waals surface area contributed by atoms with Crippen molar-refractivity contribution >= 4 is 5.97 Å². The lowest BCUT2D eigenvalue weighted by atomic mass is 10.1. The second-order valence-corrected chi connectivity index (χ2v) is 5.25. The van der Waals surface area contributed by atoms with Crippen LogP contribution < -0.4 is 0 Å². The fourth-order valence-electron chi connectivity index (χ4n) is 2.56. The number of carbonyl (C=O) groups is 1. The van der Waals surface area contributed by atoms with Gasteiger partial charge in [-0.2, -0.15) is 0 Å². The van der Waals surface area contributed by atoms with E-state index in [0.717, 1.165) is 24.3 Å². The Balaban J connectivity index is 1.92. The van der Waals surface area contributed by atoms with Crippen molar-refractivity contribution in [3.05, 3.63) is 53.7 Å². The topological polar surface area (TPSA) is 62.7 Å². The number of carboxylic acid groups (broad SMARTS) is 1. The van der Waals surface area contributed by atoms with Crippen molar-refractivity contribution in [2.24, 2.45) is 0 Å². The van der Waals surface area contributed by atoms with Gasteiger partial charge in [0.05, 0.1) is 30.2 Å². The number of carboxylic acids is 1. The van der Waals surface area contributed by atoms with Crippen LogP contribution >= 0.6 is 0 Å². The molecule has 0 atom stereocenters. The summed E-state index contributed by atoms with van der Waals surface area (Å²) in [5, 5.41) is 9.37. The summed E-state index contributed by atoms with van der Waals surface area (Å²) in [6, 6.07) is 13.2. The minimum atomic E-state index is -0.935. The van der Waals surface area contributed by atoms with E-state index in [0.29, 0.717) is 25.5 Å². The molecule has 0 aliphatic carbocycles. The van der Waals surface area contributed by atoms with Gasteiger partial charge in [-0.1, -0.05) is 30.3 Å². The Morgan fingerprint density at radius 3 is 2.55 bits per heavy atom. The van der Waals surface area contributed by atoms with Crippen LogP contribution in [0.5, 0.6) is 0 Å². The number of hydrogen-bond acceptors (Lipinski definition) is 4. The first kappa shape index (κ1) is 14.7. The molecule has 1 aliphatic rings. The zero-order valence-corrected chi connectivity index (χ0v) is 12.2. The Labute approximate surface area is 129 Å². The van der Waals surface area contributed by atoms with E-state index in [9.17, 15) is 9.90 Å². The molecule has 114 valence electrons. The Morgan fingerprint density at radius 2 is 1.86 bits per heavy atom. The van der Waals surface area contributed by atoms with E-state index >= 15 is 0 Å². The van der Waals surface area contributed by atoms with Gasteiger partial charge in [-0.15, -0.1) is 0 Å². The summed E-state index contributed by atoms with van der Waals surface area (Å²) in [7, 11) is 0. The van der Waals surface area contributed by atoms with Gasteiger partial charge < -0.3 is 9.84 Å². The van der Waals surface area contributed by atoms with Gasteiger partial charge in [0.25, 0.3) is 0 Å². The van der Waals surface area contributed by atoms with Crippen LogP contribution in [0.4, 0.5) is 0 Å². The maximum atomic E-state index is 11.4. The number of aromatic nitrogens is 1. The van der Waals surface area contributed by atoms with Gasteiger partial charge in [0, 0.05) is 25.2 Å². The third-order valence-corrected chi connectivity index (χ3v) is 3.75. The van der Waals surface area contributed by atoms with Gasteiger partial charge >= 0.3 is 5.97 Å². The predicted octanol–water partition coefficient (Wildman–Crippen LogP) is 2.28. The summed E-state index contributed by atoms with van der Waals surface area (Å²) >= 11 is 0. The van der Waals surface area contributed by atoms with Gasteiger partial charge in [0.2, 0.25) is 0 Å². The molecule has 5 nitrogen and oxygen atoms in total. The molecule has 3 rings (SSSR count). The molecule has 1 aromatic heterocycles. The van der Waals surface area contributed by atoms with Gasteiger partial charge in [-0.25, -0.2) is 4.79 Å². The third-order valence-electron chi connectivity index (χ3n) is 3.75. The summed E-state index contributed by atoms with van der Waals surface area (Å²) in [4.78, 5) is 18.2. The molecule has 1 saturated heterocycles. The van der Waals surface area contributed by atoms with Crippen molar-refractivity contribution in [3.8, 4) is 11.3 Å². The van der Waals surface area contributed by atoms with E-state index in [2.05, 4.69) is 9.88 Å². The van der Waals surface area contributed by atoms with Crippen molar-refractivity contribution < 1.29 is 14.6 Å². The first-order valence-electron chi connectivity index (χ1n) is 7.33. The molecule has 2 aromatic rings.